The van der Waals surface area contributed by atoms with Crippen LogP contribution in [0.25, 0.3) is 0 Å². The summed E-state index contributed by atoms with van der Waals surface area (Å²) in [7, 11) is 0. The van der Waals surface area contributed by atoms with Crippen molar-refractivity contribution in [1.82, 2.24) is 15.5 Å². The van der Waals surface area contributed by atoms with E-state index < -0.39 is 0 Å². The average molecular weight is 515 g/mol. The molecule has 29 heavy (non-hydrogen) atoms. The van der Waals surface area contributed by atoms with Gasteiger partial charge in [-0.2, -0.15) is 0 Å². The molecular weight excluding hydrogens is 481 g/mol. The number of nitrogens with zero attached hydrogens (tertiary/aromatic N) is 3. The molecule has 2 N–H and O–H groups in total. The Morgan fingerprint density at radius 1 is 1.17 bits per heavy atom. The quantitative estimate of drug-likeness (QED) is 0.331. The molecule has 1 aromatic carbocycles. The molecule has 8 heteroatoms. The molecule has 0 radical (unpaired) electrons. The maximum absolute atomic E-state index is 11.9. The number of amides is 1. The third-order valence-corrected chi connectivity index (χ3v) is 5.32. The van der Waals surface area contributed by atoms with Gasteiger partial charge in [-0.3, -0.25) is 9.69 Å². The van der Waals surface area contributed by atoms with Gasteiger partial charge in [0.2, 0.25) is 5.91 Å². The van der Waals surface area contributed by atoms with Gasteiger partial charge in [0.1, 0.15) is 0 Å². The number of rotatable bonds is 7. The molecule has 1 aromatic rings. The summed E-state index contributed by atoms with van der Waals surface area (Å²) >= 11 is 0. The Hall–Kier alpha value is -1.39. The molecule has 2 aliphatic rings. The highest BCUT2D eigenvalue weighted by molar-refractivity contribution is 14.0. The van der Waals surface area contributed by atoms with Crippen molar-refractivity contribution in [3.63, 3.8) is 0 Å². The lowest BCUT2D eigenvalue weighted by Gasteiger charge is -2.32. The Labute approximate surface area is 191 Å². The van der Waals surface area contributed by atoms with Crippen LogP contribution in [0.3, 0.4) is 0 Å². The van der Waals surface area contributed by atoms with Crippen LogP contribution in [0.1, 0.15) is 32.3 Å². The molecule has 2 aliphatic heterocycles. The van der Waals surface area contributed by atoms with Gasteiger partial charge in [0.15, 0.2) is 5.96 Å². The fraction of sp³-hybridized carbons (Fsp3) is 0.619. The van der Waals surface area contributed by atoms with Crippen molar-refractivity contribution in [2.45, 2.75) is 39.3 Å². The second-order valence-corrected chi connectivity index (χ2v) is 7.39. The third kappa shape index (κ3) is 7.11. The van der Waals surface area contributed by atoms with Crippen LogP contribution in [-0.4, -0.2) is 68.7 Å². The van der Waals surface area contributed by atoms with E-state index in [4.69, 9.17) is 9.73 Å². The van der Waals surface area contributed by atoms with Crippen molar-refractivity contribution in [1.29, 1.82) is 0 Å². The van der Waals surface area contributed by atoms with E-state index >= 15 is 0 Å². The highest BCUT2D eigenvalue weighted by Crippen LogP contribution is 2.21. The number of hydrogen-bond acceptors (Lipinski definition) is 4. The monoisotopic (exact) mass is 515 g/mol. The van der Waals surface area contributed by atoms with Gasteiger partial charge in [-0.05, 0) is 38.0 Å². The average Bonchev–Trinajstić information content (AvgIpc) is 3.16. The van der Waals surface area contributed by atoms with Crippen molar-refractivity contribution in [3.8, 4) is 0 Å². The van der Waals surface area contributed by atoms with Crippen LogP contribution >= 0.6 is 24.0 Å². The number of morpholine rings is 1. The van der Waals surface area contributed by atoms with Gasteiger partial charge in [-0.25, -0.2) is 4.99 Å². The summed E-state index contributed by atoms with van der Waals surface area (Å²) in [5.74, 6) is 1.06. The smallest absolute Gasteiger partial charge is 0.227 e. The van der Waals surface area contributed by atoms with Crippen LogP contribution in [0, 0.1) is 0 Å². The standard InChI is InChI=1S/C21H33N5O2.HI/c1-3-22-21(23-15-17(2)25-11-13-28-14-12-25)24-16-18-6-8-19(9-7-18)26-10-4-5-20(26)27;/h6-9,17H,3-5,10-16H2,1-2H3,(H2,22,23,24);1H. The topological polar surface area (TPSA) is 69.2 Å². The molecule has 3 rings (SSSR count). The Balaban J connectivity index is 0.00000300. The summed E-state index contributed by atoms with van der Waals surface area (Å²) in [5.41, 5.74) is 2.12. The van der Waals surface area contributed by atoms with Gasteiger partial charge >= 0.3 is 0 Å². The lowest BCUT2D eigenvalue weighted by molar-refractivity contribution is -0.117. The van der Waals surface area contributed by atoms with E-state index in [0.29, 0.717) is 19.0 Å². The number of carbonyl (C=O) groups excluding carboxylic acids is 1. The molecule has 1 amide bonds. The SMILES string of the molecule is CCNC(=NCc1ccc(N2CCCC2=O)cc1)NCC(C)N1CCOCC1.I. The lowest BCUT2D eigenvalue weighted by Crippen LogP contribution is -2.49. The minimum atomic E-state index is 0. The lowest BCUT2D eigenvalue weighted by atomic mass is 10.2. The van der Waals surface area contributed by atoms with E-state index in [1.165, 1.54) is 0 Å². The van der Waals surface area contributed by atoms with Crippen molar-refractivity contribution >= 4 is 41.5 Å². The second-order valence-electron chi connectivity index (χ2n) is 7.39. The number of ether oxygens (including phenoxy) is 1. The number of nitrogens with one attached hydrogen (secondary N) is 2. The van der Waals surface area contributed by atoms with Gasteiger partial charge in [0.05, 0.1) is 19.8 Å². The van der Waals surface area contributed by atoms with Crippen LogP contribution < -0.4 is 15.5 Å². The number of carbonyl (C=O) groups is 1. The Morgan fingerprint density at radius 3 is 2.52 bits per heavy atom. The largest absolute Gasteiger partial charge is 0.379 e. The molecule has 0 saturated carbocycles. The zero-order valence-electron chi connectivity index (χ0n) is 17.5. The van der Waals surface area contributed by atoms with Gasteiger partial charge in [0.25, 0.3) is 0 Å². The number of halogens is 1. The van der Waals surface area contributed by atoms with Crippen molar-refractivity contribution in [2.24, 2.45) is 4.99 Å². The molecule has 0 aromatic heterocycles. The minimum absolute atomic E-state index is 0. The maximum atomic E-state index is 11.9. The predicted octanol–water partition coefficient (Wildman–Crippen LogP) is 2.21. The predicted molar refractivity (Wildman–Crippen MR) is 128 cm³/mol. The van der Waals surface area contributed by atoms with Crippen molar-refractivity contribution in [3.05, 3.63) is 29.8 Å². The van der Waals surface area contributed by atoms with Crippen molar-refractivity contribution < 1.29 is 9.53 Å². The molecule has 1 unspecified atom stereocenters. The van der Waals surface area contributed by atoms with Crippen LogP contribution in [0.5, 0.6) is 0 Å². The molecule has 0 spiro atoms. The summed E-state index contributed by atoms with van der Waals surface area (Å²) < 4.78 is 5.43. The zero-order chi connectivity index (χ0) is 19.8. The summed E-state index contributed by atoms with van der Waals surface area (Å²) in [5, 5.41) is 6.77. The van der Waals surface area contributed by atoms with E-state index in [1.807, 2.05) is 17.0 Å². The van der Waals surface area contributed by atoms with Gasteiger partial charge in [0, 0.05) is 50.9 Å². The summed E-state index contributed by atoms with van der Waals surface area (Å²) in [4.78, 5) is 20.9. The fourth-order valence-electron chi connectivity index (χ4n) is 3.61. The number of guanidine groups is 1. The first-order valence-corrected chi connectivity index (χ1v) is 10.4. The summed E-state index contributed by atoms with van der Waals surface area (Å²) in [6.07, 6.45) is 1.61. The van der Waals surface area contributed by atoms with Crippen molar-refractivity contribution in [2.75, 3.05) is 50.8 Å². The highest BCUT2D eigenvalue weighted by atomic mass is 127. The van der Waals surface area contributed by atoms with Crippen LogP contribution in [0.2, 0.25) is 0 Å². The number of benzene rings is 1. The molecule has 2 fully saturated rings. The normalized spacial score (nSPS) is 19.0. The third-order valence-electron chi connectivity index (χ3n) is 5.32. The van der Waals surface area contributed by atoms with E-state index in [1.54, 1.807) is 0 Å². The first-order chi connectivity index (χ1) is 13.7. The van der Waals surface area contributed by atoms with E-state index in [-0.39, 0.29) is 29.9 Å². The van der Waals surface area contributed by atoms with Gasteiger partial charge in [-0.15, -0.1) is 24.0 Å². The molecular formula is C21H34IN5O2. The van der Waals surface area contributed by atoms with Crippen LogP contribution in [-0.2, 0) is 16.1 Å². The summed E-state index contributed by atoms with van der Waals surface area (Å²) in [6, 6.07) is 8.60. The molecule has 0 bridgehead atoms. The first-order valence-electron chi connectivity index (χ1n) is 10.4. The Bertz CT molecular complexity index is 662. The molecule has 0 aliphatic carbocycles. The number of hydrogen-bond donors (Lipinski definition) is 2. The summed E-state index contributed by atoms with van der Waals surface area (Å²) in [6.45, 7) is 11.0. The zero-order valence-corrected chi connectivity index (χ0v) is 19.9. The molecule has 1 atom stereocenters. The van der Waals surface area contributed by atoms with E-state index in [9.17, 15) is 4.79 Å². The van der Waals surface area contributed by atoms with Gasteiger partial charge < -0.3 is 20.3 Å². The number of aliphatic imine (C=N–C) groups is 1. The molecule has 7 nitrogen and oxygen atoms in total. The molecule has 162 valence electrons. The Kier molecular flexibility index (Phi) is 10.2. The van der Waals surface area contributed by atoms with E-state index in [2.05, 4.69) is 41.5 Å². The van der Waals surface area contributed by atoms with Gasteiger partial charge in [-0.1, -0.05) is 12.1 Å². The van der Waals surface area contributed by atoms with Crippen LogP contribution in [0.4, 0.5) is 5.69 Å². The minimum Gasteiger partial charge on any atom is -0.379 e. The Morgan fingerprint density at radius 2 is 1.90 bits per heavy atom. The first kappa shape index (κ1) is 23.9. The fourth-order valence-corrected chi connectivity index (χ4v) is 3.61. The number of anilines is 1. The van der Waals surface area contributed by atoms with E-state index in [0.717, 1.165) is 69.6 Å². The highest BCUT2D eigenvalue weighted by Gasteiger charge is 2.21. The maximum Gasteiger partial charge on any atom is 0.227 e. The molecule has 2 saturated heterocycles. The van der Waals surface area contributed by atoms with Crippen LogP contribution in [0.15, 0.2) is 29.3 Å². The molecule has 2 heterocycles. The second kappa shape index (κ2) is 12.3.